The molecule has 0 aliphatic heterocycles. The van der Waals surface area contributed by atoms with Crippen LogP contribution in [-0.4, -0.2) is 23.1 Å². The van der Waals surface area contributed by atoms with Gasteiger partial charge in [0, 0.05) is 11.1 Å². The number of carbonyl (C=O) groups excluding carboxylic acids is 2. The molecular weight excluding hydrogens is 935 g/mol. The molecule has 1 N–H and O–H groups in total. The van der Waals surface area contributed by atoms with E-state index in [1.54, 1.807) is 66.5 Å². The number of carbonyl (C=O) groups is 2. The average Bonchev–Trinajstić information content (AvgIpc) is 3.38. The maximum Gasteiger partial charge on any atom is 0.200 e. The van der Waals surface area contributed by atoms with E-state index in [1.165, 1.54) is 31.8 Å². The molecule has 8 rings (SSSR count). The number of Topliss-reactive ketones (excluding diaryl/α,β-unsaturated/α-hetero) is 2. The van der Waals surface area contributed by atoms with Crippen LogP contribution in [0.4, 0.5) is 0 Å². The fourth-order valence-electron chi connectivity index (χ4n) is 6.32. The summed E-state index contributed by atoms with van der Waals surface area (Å²) in [6.07, 6.45) is -0.272. The van der Waals surface area contributed by atoms with Gasteiger partial charge in [-0.3, -0.25) is 15.5 Å². The summed E-state index contributed by atoms with van der Waals surface area (Å²) in [5, 5.41) is 25.4. The molecule has 8 aromatic carbocycles. The predicted molar refractivity (Wildman–Crippen MR) is 266 cm³/mol. The van der Waals surface area contributed by atoms with Gasteiger partial charge < -0.3 is 10.8 Å². The zero-order chi connectivity index (χ0) is 45.8. The van der Waals surface area contributed by atoms with Gasteiger partial charge in [0.1, 0.15) is 0 Å². The summed E-state index contributed by atoms with van der Waals surface area (Å²) < 4.78 is 7.50. The maximum absolute atomic E-state index is 12.2. The smallest absolute Gasteiger partial charge is 0.200 e. The molecule has 0 bridgehead atoms. The van der Waals surface area contributed by atoms with Crippen LogP contribution in [-0.2, 0) is 22.0 Å². The Morgan fingerprint density at radius 3 is 0.906 bits per heavy atom. The summed E-state index contributed by atoms with van der Waals surface area (Å²) in [5.41, 5.74) is 0.230. The van der Waals surface area contributed by atoms with E-state index in [0.717, 1.165) is 0 Å². The van der Waals surface area contributed by atoms with Crippen molar-refractivity contribution >= 4 is 80.5 Å². The van der Waals surface area contributed by atoms with E-state index in [1.807, 2.05) is 17.3 Å². The standard InChI is InChI=1S/C18H13N2O2.2C18H15P.CO.ClH.Ru/c19-12-15(18(22)14-9-5-2-6-10-14)16(20)11-17(21)13-7-3-1-4-8-13;2*1-4-10-16(11-5-1)19(17-12-6-2-7-13-17)18-14-8-3-9-15-18;1-2;;/h1-10,20H,11H2;2*1-15H;;1H;/q-1;;;;;+2/p-1. The van der Waals surface area contributed by atoms with Crippen molar-refractivity contribution in [3.8, 4) is 0 Å². The topological polar surface area (TPSA) is 100 Å². The fourth-order valence-corrected chi connectivity index (χ4v) is 10.9. The van der Waals surface area contributed by atoms with Crippen LogP contribution in [0.3, 0.4) is 0 Å². The summed E-state index contributed by atoms with van der Waals surface area (Å²) in [6.45, 7) is 4.50. The second-order valence-electron chi connectivity index (χ2n) is 13.3. The SMILES string of the molecule is [C-]#[O+].[Cl][Ru+].[N-]=C=C(C(=N)CC(=O)c1ccccc1)C(=O)c1ccccc1.c1ccc(P(c2ccccc2)c2ccccc2)cc1.c1ccc(P(c2ccccc2)c2ccccc2)cc1. The Kier molecular flexibility index (Phi) is 23.0. The van der Waals surface area contributed by atoms with Crippen molar-refractivity contribution in [1.29, 1.82) is 5.41 Å². The molecule has 0 spiro atoms. The Hall–Kier alpha value is -6.27. The van der Waals surface area contributed by atoms with Gasteiger partial charge in [0.2, 0.25) is 5.78 Å². The quantitative estimate of drug-likeness (QED) is 0.0251. The van der Waals surface area contributed by atoms with Crippen molar-refractivity contribution in [3.63, 3.8) is 0 Å². The van der Waals surface area contributed by atoms with Crippen molar-refractivity contribution in [2.75, 3.05) is 0 Å². The second kappa shape index (κ2) is 29.2. The van der Waals surface area contributed by atoms with Crippen LogP contribution in [0.25, 0.3) is 5.41 Å². The molecule has 0 radical (unpaired) electrons. The van der Waals surface area contributed by atoms with Crippen LogP contribution in [0.15, 0.2) is 248 Å². The van der Waals surface area contributed by atoms with Crippen molar-refractivity contribution in [2.45, 2.75) is 6.42 Å². The van der Waals surface area contributed by atoms with E-state index in [9.17, 15) is 9.59 Å². The number of allylic oxidation sites excluding steroid dienone is 1. The van der Waals surface area contributed by atoms with Gasteiger partial charge in [-0.2, -0.15) is 0 Å². The summed E-state index contributed by atoms with van der Waals surface area (Å²) in [4.78, 5) is 24.3. The zero-order valence-electron chi connectivity index (χ0n) is 34.6. The number of benzene rings is 8. The molecule has 8 aromatic rings. The van der Waals surface area contributed by atoms with Crippen LogP contribution in [0.1, 0.15) is 27.1 Å². The molecule has 0 aromatic heterocycles. The van der Waals surface area contributed by atoms with Gasteiger partial charge in [-0.25, -0.2) is 0 Å². The van der Waals surface area contributed by atoms with E-state index in [0.29, 0.717) is 11.1 Å². The number of rotatable bonds is 12. The van der Waals surface area contributed by atoms with E-state index in [4.69, 9.17) is 15.5 Å². The van der Waals surface area contributed by atoms with E-state index < -0.39 is 21.6 Å². The van der Waals surface area contributed by atoms with E-state index >= 15 is 0 Å². The van der Waals surface area contributed by atoms with Gasteiger partial charge in [0.25, 0.3) is 0 Å². The number of hydrogen-bond donors (Lipinski definition) is 1. The van der Waals surface area contributed by atoms with Crippen molar-refractivity contribution in [3.05, 3.63) is 271 Å². The minimum atomic E-state index is -0.533. The number of ketones is 2. The molecule has 0 aliphatic carbocycles. The summed E-state index contributed by atoms with van der Waals surface area (Å²) in [5.74, 6) is 0.922. The van der Waals surface area contributed by atoms with E-state index in [-0.39, 0.29) is 23.5 Å². The van der Waals surface area contributed by atoms with Gasteiger partial charge in [0.05, 0.1) is 17.7 Å². The van der Waals surface area contributed by atoms with Crippen LogP contribution in [0.5, 0.6) is 0 Å². The molecular formula is C55H43ClN2O3P2Ru. The largest absolute Gasteiger partial charge is 0.763 e. The first-order valence-corrected chi connectivity index (χ1v) is 24.7. The first kappa shape index (κ1) is 50.4. The molecule has 0 saturated heterocycles. The van der Waals surface area contributed by atoms with Crippen molar-refractivity contribution < 1.29 is 31.6 Å². The number of nitrogens with one attached hydrogen (secondary N) is 1. The van der Waals surface area contributed by atoms with Gasteiger partial charge in [-0.1, -0.05) is 243 Å². The first-order valence-electron chi connectivity index (χ1n) is 19.8. The van der Waals surface area contributed by atoms with E-state index in [2.05, 4.69) is 198 Å². The molecule has 0 atom stereocenters. The third-order valence-corrected chi connectivity index (χ3v) is 14.1. The minimum Gasteiger partial charge on any atom is -0.763 e. The summed E-state index contributed by atoms with van der Waals surface area (Å²) in [7, 11) is 3.68. The van der Waals surface area contributed by atoms with Crippen LogP contribution in [0.2, 0.25) is 0 Å². The number of halogens is 1. The van der Waals surface area contributed by atoms with Gasteiger partial charge in [0.15, 0.2) is 5.78 Å². The predicted octanol–water partition coefficient (Wildman–Crippen LogP) is 10.9. The van der Waals surface area contributed by atoms with Gasteiger partial charge >= 0.3 is 38.3 Å². The molecule has 0 aliphatic rings. The molecule has 0 amide bonds. The molecule has 5 nitrogen and oxygen atoms in total. The van der Waals surface area contributed by atoms with Crippen LogP contribution < -0.4 is 31.8 Å². The van der Waals surface area contributed by atoms with Crippen LogP contribution in [0, 0.1) is 12.1 Å². The Balaban J connectivity index is 0.000000203. The number of nitrogens with zero attached hydrogens (tertiary/aromatic N) is 1. The molecule has 0 saturated carbocycles. The third-order valence-electron chi connectivity index (χ3n) is 9.20. The molecule has 0 fully saturated rings. The summed E-state index contributed by atoms with van der Waals surface area (Å²) >= 11 is 1.82. The molecule has 64 heavy (non-hydrogen) atoms. The normalized spacial score (nSPS) is 9.72. The van der Waals surface area contributed by atoms with Crippen molar-refractivity contribution in [2.24, 2.45) is 0 Å². The Morgan fingerprint density at radius 1 is 0.453 bits per heavy atom. The first-order chi connectivity index (χ1) is 31.5. The minimum absolute atomic E-state index is 0.259. The second-order valence-corrected chi connectivity index (χ2v) is 17.8. The molecule has 316 valence electrons. The zero-order valence-corrected chi connectivity index (χ0v) is 38.9. The van der Waals surface area contributed by atoms with Crippen molar-refractivity contribution in [1.82, 2.24) is 0 Å². The third kappa shape index (κ3) is 15.5. The van der Waals surface area contributed by atoms with Gasteiger partial charge in [-0.05, 0) is 47.7 Å². The van der Waals surface area contributed by atoms with Crippen LogP contribution >= 0.6 is 25.5 Å². The maximum atomic E-state index is 12.2. The molecule has 9 heteroatoms. The Labute approximate surface area is 392 Å². The molecule has 0 unspecified atom stereocenters. The molecule has 0 heterocycles. The monoisotopic (exact) mass is 978 g/mol. The average molecular weight is 978 g/mol. The number of hydrogen-bond acceptors (Lipinski definition) is 3. The Bertz CT molecular complexity index is 2350. The Morgan fingerprint density at radius 2 is 0.672 bits per heavy atom. The fraction of sp³-hybridized carbons (Fsp3) is 0.0182. The summed E-state index contributed by atoms with van der Waals surface area (Å²) in [6, 6.07) is 81.4. The van der Waals surface area contributed by atoms with Gasteiger partial charge in [-0.15, -0.1) is 0 Å².